The average molecular weight is 313 g/mol. The highest BCUT2D eigenvalue weighted by atomic mass is 16.3. The number of Topliss-reactive ketones (excluding diaryl/α,β-unsaturated/α-hetero) is 1. The fraction of sp³-hybridized carbons (Fsp3) is 0.368. The van der Waals surface area contributed by atoms with E-state index < -0.39 is 0 Å². The molecule has 0 spiro atoms. The number of carbonyl (C=O) groups is 2. The molecule has 0 radical (unpaired) electrons. The largest absolute Gasteiger partial charge is 0.453 e. The van der Waals surface area contributed by atoms with Crippen molar-refractivity contribution in [2.24, 2.45) is 0 Å². The maximum Gasteiger partial charge on any atom is 0.255 e. The summed E-state index contributed by atoms with van der Waals surface area (Å²) in [6, 6.07) is 10.9. The second kappa shape index (κ2) is 6.82. The maximum atomic E-state index is 13.0. The average Bonchev–Trinajstić information content (AvgIpc) is 2.96. The Labute approximate surface area is 137 Å². The lowest BCUT2D eigenvalue weighted by molar-refractivity contribution is 0.0644. The Morgan fingerprint density at radius 3 is 2.09 bits per heavy atom. The molecule has 2 aromatic rings. The van der Waals surface area contributed by atoms with Gasteiger partial charge in [-0.3, -0.25) is 9.59 Å². The summed E-state index contributed by atoms with van der Waals surface area (Å²) < 4.78 is 5.60. The van der Waals surface area contributed by atoms with Crippen LogP contribution in [0.5, 0.6) is 0 Å². The van der Waals surface area contributed by atoms with Crippen LogP contribution >= 0.6 is 0 Å². The third-order valence-corrected chi connectivity index (χ3v) is 3.72. The van der Waals surface area contributed by atoms with Crippen molar-refractivity contribution in [3.8, 4) is 11.3 Å². The number of furan rings is 1. The van der Waals surface area contributed by atoms with Gasteiger partial charge in [-0.1, -0.05) is 18.2 Å². The third-order valence-electron chi connectivity index (χ3n) is 3.72. The second-order valence-electron chi connectivity index (χ2n) is 6.17. The van der Waals surface area contributed by atoms with Crippen LogP contribution in [0.2, 0.25) is 0 Å². The molecule has 0 saturated carbocycles. The number of amides is 1. The monoisotopic (exact) mass is 313 g/mol. The third kappa shape index (κ3) is 3.52. The molecule has 1 aromatic carbocycles. The number of rotatable bonds is 5. The molecule has 122 valence electrons. The molecule has 0 saturated heterocycles. The molecule has 23 heavy (non-hydrogen) atoms. The van der Waals surface area contributed by atoms with E-state index in [1.165, 1.54) is 6.92 Å². The standard InChI is InChI=1S/C19H23NO3/c1-12(2)20(13(3)4)19(22)16-9-7-6-8-15(16)18-11-10-17(23-18)14(5)21/h6-13H,1-5H3. The number of hydrogen-bond acceptors (Lipinski definition) is 3. The van der Waals surface area contributed by atoms with Crippen molar-refractivity contribution in [3.05, 3.63) is 47.7 Å². The van der Waals surface area contributed by atoms with E-state index in [0.717, 1.165) is 0 Å². The summed E-state index contributed by atoms with van der Waals surface area (Å²) in [6.45, 7) is 9.46. The molecule has 0 N–H and O–H groups in total. The summed E-state index contributed by atoms with van der Waals surface area (Å²) in [7, 11) is 0. The second-order valence-corrected chi connectivity index (χ2v) is 6.17. The zero-order valence-electron chi connectivity index (χ0n) is 14.3. The van der Waals surface area contributed by atoms with Crippen molar-refractivity contribution in [1.82, 2.24) is 4.90 Å². The minimum atomic E-state index is -0.133. The molecule has 0 aliphatic heterocycles. The minimum Gasteiger partial charge on any atom is -0.453 e. The molecule has 2 rings (SSSR count). The van der Waals surface area contributed by atoms with E-state index in [1.807, 2.05) is 50.8 Å². The van der Waals surface area contributed by atoms with Crippen LogP contribution in [0.3, 0.4) is 0 Å². The zero-order chi connectivity index (χ0) is 17.1. The number of nitrogens with zero attached hydrogens (tertiary/aromatic N) is 1. The highest BCUT2D eigenvalue weighted by Crippen LogP contribution is 2.28. The van der Waals surface area contributed by atoms with Crippen molar-refractivity contribution in [2.75, 3.05) is 0 Å². The van der Waals surface area contributed by atoms with Crippen molar-refractivity contribution in [1.29, 1.82) is 0 Å². The van der Waals surface area contributed by atoms with E-state index in [4.69, 9.17) is 4.42 Å². The Morgan fingerprint density at radius 1 is 0.957 bits per heavy atom. The lowest BCUT2D eigenvalue weighted by Gasteiger charge is -2.31. The van der Waals surface area contributed by atoms with Crippen LogP contribution in [0.25, 0.3) is 11.3 Å². The van der Waals surface area contributed by atoms with Crippen molar-refractivity contribution in [3.63, 3.8) is 0 Å². The summed E-state index contributed by atoms with van der Waals surface area (Å²) in [5.41, 5.74) is 1.29. The molecule has 4 heteroatoms. The highest BCUT2D eigenvalue weighted by molar-refractivity contribution is 6.01. The number of carbonyl (C=O) groups excluding carboxylic acids is 2. The van der Waals surface area contributed by atoms with Crippen molar-refractivity contribution < 1.29 is 14.0 Å². The smallest absolute Gasteiger partial charge is 0.255 e. The molecular formula is C19H23NO3. The highest BCUT2D eigenvalue weighted by Gasteiger charge is 2.24. The van der Waals surface area contributed by atoms with Crippen LogP contribution in [0, 0.1) is 0 Å². The van der Waals surface area contributed by atoms with E-state index in [1.54, 1.807) is 18.2 Å². The predicted octanol–water partition coefficient (Wildman–Crippen LogP) is 4.41. The first-order chi connectivity index (χ1) is 10.8. The quantitative estimate of drug-likeness (QED) is 0.768. The molecule has 0 unspecified atom stereocenters. The van der Waals surface area contributed by atoms with Gasteiger partial charge in [-0.2, -0.15) is 0 Å². The molecule has 4 nitrogen and oxygen atoms in total. The van der Waals surface area contributed by atoms with Gasteiger partial charge >= 0.3 is 0 Å². The Bertz CT molecular complexity index is 705. The Balaban J connectivity index is 2.48. The van der Waals surface area contributed by atoms with E-state index in [-0.39, 0.29) is 23.8 Å². The molecule has 1 amide bonds. The Kier molecular flexibility index (Phi) is 5.04. The van der Waals surface area contributed by atoms with Crippen LogP contribution in [0.15, 0.2) is 40.8 Å². The minimum absolute atomic E-state index is 0.0358. The molecule has 0 aliphatic carbocycles. The lowest BCUT2D eigenvalue weighted by Crippen LogP contribution is -2.42. The molecular weight excluding hydrogens is 290 g/mol. The summed E-state index contributed by atoms with van der Waals surface area (Å²) >= 11 is 0. The molecule has 0 atom stereocenters. The van der Waals surface area contributed by atoms with Gasteiger partial charge in [0.25, 0.3) is 5.91 Å². The summed E-state index contributed by atoms with van der Waals surface area (Å²) in [5.74, 6) is 0.663. The molecule has 0 fully saturated rings. The van der Waals surface area contributed by atoms with Crippen LogP contribution < -0.4 is 0 Å². The molecule has 0 aliphatic rings. The fourth-order valence-electron chi connectivity index (χ4n) is 2.76. The van der Waals surface area contributed by atoms with Gasteiger partial charge < -0.3 is 9.32 Å². The molecule has 1 aromatic heterocycles. The van der Waals surface area contributed by atoms with E-state index in [2.05, 4.69) is 0 Å². The van der Waals surface area contributed by atoms with Gasteiger partial charge in [-0.25, -0.2) is 0 Å². The van der Waals surface area contributed by atoms with Crippen LogP contribution in [0.4, 0.5) is 0 Å². The summed E-state index contributed by atoms with van der Waals surface area (Å²) in [4.78, 5) is 26.2. The first kappa shape index (κ1) is 17.0. The molecule has 1 heterocycles. The van der Waals surface area contributed by atoms with E-state index >= 15 is 0 Å². The Hall–Kier alpha value is -2.36. The predicted molar refractivity (Wildman–Crippen MR) is 90.6 cm³/mol. The van der Waals surface area contributed by atoms with Crippen LogP contribution in [0.1, 0.15) is 55.5 Å². The van der Waals surface area contributed by atoms with Gasteiger partial charge in [0.2, 0.25) is 0 Å². The van der Waals surface area contributed by atoms with Crippen molar-refractivity contribution >= 4 is 11.7 Å². The number of hydrogen-bond donors (Lipinski definition) is 0. The maximum absolute atomic E-state index is 13.0. The van der Waals surface area contributed by atoms with E-state index in [9.17, 15) is 9.59 Å². The fourth-order valence-corrected chi connectivity index (χ4v) is 2.76. The van der Waals surface area contributed by atoms with Crippen LogP contribution in [-0.2, 0) is 0 Å². The lowest BCUT2D eigenvalue weighted by atomic mass is 10.0. The van der Waals surface area contributed by atoms with Gasteiger partial charge in [-0.15, -0.1) is 0 Å². The Morgan fingerprint density at radius 2 is 1.57 bits per heavy atom. The van der Waals surface area contributed by atoms with Gasteiger partial charge in [0.1, 0.15) is 5.76 Å². The summed E-state index contributed by atoms with van der Waals surface area (Å²) in [5, 5.41) is 0. The first-order valence-corrected chi connectivity index (χ1v) is 7.85. The van der Waals surface area contributed by atoms with Crippen LogP contribution in [-0.4, -0.2) is 28.7 Å². The van der Waals surface area contributed by atoms with Gasteiger partial charge in [0.05, 0.1) is 5.56 Å². The number of ketones is 1. The molecule has 0 bridgehead atoms. The van der Waals surface area contributed by atoms with Gasteiger partial charge in [0, 0.05) is 24.6 Å². The topological polar surface area (TPSA) is 50.5 Å². The first-order valence-electron chi connectivity index (χ1n) is 7.85. The normalized spacial score (nSPS) is 11.1. The van der Waals surface area contributed by atoms with Gasteiger partial charge in [0.15, 0.2) is 11.5 Å². The summed E-state index contributed by atoms with van der Waals surface area (Å²) in [6.07, 6.45) is 0. The SMILES string of the molecule is CC(=O)c1ccc(-c2ccccc2C(=O)N(C(C)C)C(C)C)o1. The van der Waals surface area contributed by atoms with Gasteiger partial charge in [-0.05, 0) is 45.9 Å². The van der Waals surface area contributed by atoms with E-state index in [0.29, 0.717) is 22.6 Å². The zero-order valence-corrected chi connectivity index (χ0v) is 14.3. The number of benzene rings is 1. The van der Waals surface area contributed by atoms with Crippen molar-refractivity contribution in [2.45, 2.75) is 46.7 Å².